The lowest BCUT2D eigenvalue weighted by Gasteiger charge is -1.98. The summed E-state index contributed by atoms with van der Waals surface area (Å²) in [7, 11) is -3.11. The number of nitriles is 1. The van der Waals surface area contributed by atoms with Crippen LogP contribution in [0.3, 0.4) is 0 Å². The molecule has 0 heterocycles. The van der Waals surface area contributed by atoms with Gasteiger partial charge in [0.25, 0.3) is 0 Å². The maximum atomic E-state index is 10.7. The fraction of sp³-hybridized carbons (Fsp3) is 0.800. The summed E-state index contributed by atoms with van der Waals surface area (Å²) in [6, 6.07) is 1.67. The lowest BCUT2D eigenvalue weighted by molar-refractivity contribution is 0.593. The van der Waals surface area contributed by atoms with E-state index < -0.39 is 15.1 Å². The highest BCUT2D eigenvalue weighted by Gasteiger charge is 2.16. The van der Waals surface area contributed by atoms with Gasteiger partial charge in [0.1, 0.15) is 5.25 Å². The van der Waals surface area contributed by atoms with Gasteiger partial charge in [0, 0.05) is 5.75 Å². The molecule has 0 aliphatic heterocycles. The van der Waals surface area contributed by atoms with Gasteiger partial charge in [-0.2, -0.15) is 5.26 Å². The van der Waals surface area contributed by atoms with Gasteiger partial charge in [0.15, 0.2) is 9.84 Å². The van der Waals surface area contributed by atoms with Crippen LogP contribution in [0.2, 0.25) is 0 Å². The third-order valence-electron chi connectivity index (χ3n) is 1.12. The SMILES string of the molecule is CCS(=O)(=O)C(C)C#N. The van der Waals surface area contributed by atoms with Crippen LogP contribution in [0, 0.1) is 11.3 Å². The van der Waals surface area contributed by atoms with Crippen molar-refractivity contribution >= 4 is 9.84 Å². The van der Waals surface area contributed by atoms with Crippen LogP contribution in [0.15, 0.2) is 0 Å². The number of rotatable bonds is 2. The molecule has 0 aliphatic rings. The van der Waals surface area contributed by atoms with Gasteiger partial charge >= 0.3 is 0 Å². The third-order valence-corrected chi connectivity index (χ3v) is 3.11. The van der Waals surface area contributed by atoms with Crippen molar-refractivity contribution < 1.29 is 8.42 Å². The molecule has 1 atom stereocenters. The van der Waals surface area contributed by atoms with E-state index in [4.69, 9.17) is 5.26 Å². The van der Waals surface area contributed by atoms with Crippen LogP contribution in [0.1, 0.15) is 13.8 Å². The Morgan fingerprint density at radius 1 is 1.67 bits per heavy atom. The summed E-state index contributed by atoms with van der Waals surface area (Å²) in [5.41, 5.74) is 0. The zero-order valence-electron chi connectivity index (χ0n) is 5.46. The summed E-state index contributed by atoms with van der Waals surface area (Å²) in [6.07, 6.45) is 0. The summed E-state index contributed by atoms with van der Waals surface area (Å²) < 4.78 is 21.4. The number of sulfone groups is 1. The lowest BCUT2D eigenvalue weighted by atomic mass is 10.5. The molecular formula is C5H9NO2S. The van der Waals surface area contributed by atoms with Crippen molar-refractivity contribution in [1.29, 1.82) is 5.26 Å². The van der Waals surface area contributed by atoms with Gasteiger partial charge < -0.3 is 0 Å². The van der Waals surface area contributed by atoms with Gasteiger partial charge in [0.2, 0.25) is 0 Å². The Labute approximate surface area is 55.2 Å². The molecule has 1 unspecified atom stereocenters. The molecule has 0 aliphatic carbocycles. The van der Waals surface area contributed by atoms with Gasteiger partial charge in [0.05, 0.1) is 6.07 Å². The van der Waals surface area contributed by atoms with Crippen LogP contribution in [0.25, 0.3) is 0 Å². The monoisotopic (exact) mass is 147 g/mol. The van der Waals surface area contributed by atoms with Crippen LogP contribution in [0.5, 0.6) is 0 Å². The van der Waals surface area contributed by atoms with Crippen LogP contribution in [0.4, 0.5) is 0 Å². The third kappa shape index (κ3) is 2.02. The van der Waals surface area contributed by atoms with Crippen molar-refractivity contribution in [3.05, 3.63) is 0 Å². The van der Waals surface area contributed by atoms with Gasteiger partial charge in [-0.15, -0.1) is 0 Å². The molecule has 0 saturated carbocycles. The Hall–Kier alpha value is -0.560. The minimum atomic E-state index is -3.11. The average molecular weight is 147 g/mol. The molecule has 3 nitrogen and oxygen atoms in total. The molecule has 0 rings (SSSR count). The van der Waals surface area contributed by atoms with Gasteiger partial charge in [-0.3, -0.25) is 0 Å². The highest BCUT2D eigenvalue weighted by Crippen LogP contribution is 1.98. The summed E-state index contributed by atoms with van der Waals surface area (Å²) in [6.45, 7) is 2.92. The van der Waals surface area contributed by atoms with Gasteiger partial charge in [-0.1, -0.05) is 6.92 Å². The smallest absolute Gasteiger partial charge is 0.165 e. The molecule has 0 spiro atoms. The maximum Gasteiger partial charge on any atom is 0.165 e. The van der Waals surface area contributed by atoms with Gasteiger partial charge in [-0.05, 0) is 6.92 Å². The number of hydrogen-bond donors (Lipinski definition) is 0. The van der Waals surface area contributed by atoms with Gasteiger partial charge in [-0.25, -0.2) is 8.42 Å². The molecule has 0 fully saturated rings. The fourth-order valence-corrected chi connectivity index (χ4v) is 0.991. The second-order valence-electron chi connectivity index (χ2n) is 1.72. The van der Waals surface area contributed by atoms with Crippen LogP contribution in [-0.2, 0) is 9.84 Å². The Bertz CT molecular complexity index is 212. The first kappa shape index (κ1) is 8.44. The van der Waals surface area contributed by atoms with Crippen LogP contribution < -0.4 is 0 Å². The van der Waals surface area contributed by atoms with Crippen LogP contribution in [-0.4, -0.2) is 19.4 Å². The summed E-state index contributed by atoms with van der Waals surface area (Å²) in [5, 5.41) is 7.31. The summed E-state index contributed by atoms with van der Waals surface area (Å²) >= 11 is 0. The van der Waals surface area contributed by atoms with Crippen molar-refractivity contribution in [3.8, 4) is 6.07 Å². The first-order valence-electron chi connectivity index (χ1n) is 2.65. The molecule has 0 aromatic rings. The number of hydrogen-bond acceptors (Lipinski definition) is 3. The molecular weight excluding hydrogens is 138 g/mol. The zero-order chi connectivity index (χ0) is 7.49. The van der Waals surface area contributed by atoms with E-state index in [2.05, 4.69) is 0 Å². The second kappa shape index (κ2) is 2.83. The lowest BCUT2D eigenvalue weighted by Crippen LogP contribution is -2.17. The van der Waals surface area contributed by atoms with E-state index in [1.807, 2.05) is 0 Å². The quantitative estimate of drug-likeness (QED) is 0.565. The molecule has 0 aromatic heterocycles. The van der Waals surface area contributed by atoms with E-state index in [1.54, 1.807) is 6.07 Å². The molecule has 0 amide bonds. The molecule has 0 saturated heterocycles. The van der Waals surface area contributed by atoms with E-state index >= 15 is 0 Å². The normalized spacial score (nSPS) is 14.3. The minimum Gasteiger partial charge on any atom is -0.227 e. The standard InChI is InChI=1S/C5H9NO2S/c1-3-9(7,8)5(2)4-6/h5H,3H2,1-2H3. The highest BCUT2D eigenvalue weighted by atomic mass is 32.2. The predicted molar refractivity (Wildman–Crippen MR) is 34.5 cm³/mol. The van der Waals surface area contributed by atoms with E-state index in [9.17, 15) is 8.42 Å². The number of nitrogens with zero attached hydrogens (tertiary/aromatic N) is 1. The first-order chi connectivity index (χ1) is 4.04. The minimum absolute atomic E-state index is 0.0434. The van der Waals surface area contributed by atoms with Crippen LogP contribution >= 0.6 is 0 Å². The van der Waals surface area contributed by atoms with Crippen molar-refractivity contribution in [2.45, 2.75) is 19.1 Å². The van der Waals surface area contributed by atoms with Crippen molar-refractivity contribution in [2.75, 3.05) is 5.75 Å². The largest absolute Gasteiger partial charge is 0.227 e. The molecule has 0 radical (unpaired) electrons. The Kier molecular flexibility index (Phi) is 2.65. The maximum absolute atomic E-state index is 10.7. The van der Waals surface area contributed by atoms with Crippen molar-refractivity contribution in [1.82, 2.24) is 0 Å². The molecule has 9 heavy (non-hydrogen) atoms. The first-order valence-corrected chi connectivity index (χ1v) is 4.37. The Balaban J connectivity index is 4.41. The zero-order valence-corrected chi connectivity index (χ0v) is 6.27. The average Bonchev–Trinajstić information content (AvgIpc) is 1.86. The van der Waals surface area contributed by atoms with E-state index in [1.165, 1.54) is 13.8 Å². The topological polar surface area (TPSA) is 57.9 Å². The van der Waals surface area contributed by atoms with E-state index in [0.29, 0.717) is 0 Å². The molecule has 52 valence electrons. The highest BCUT2D eigenvalue weighted by molar-refractivity contribution is 7.92. The second-order valence-corrected chi connectivity index (χ2v) is 4.33. The molecule has 0 N–H and O–H groups in total. The Morgan fingerprint density at radius 2 is 2.11 bits per heavy atom. The predicted octanol–water partition coefficient (Wildman–Crippen LogP) is 0.333. The summed E-state index contributed by atoms with van der Waals surface area (Å²) in [4.78, 5) is 0. The van der Waals surface area contributed by atoms with E-state index in [-0.39, 0.29) is 5.75 Å². The molecule has 0 bridgehead atoms. The molecule has 4 heteroatoms. The summed E-state index contributed by atoms with van der Waals surface area (Å²) in [5.74, 6) is 0.0434. The van der Waals surface area contributed by atoms with Crippen molar-refractivity contribution in [2.24, 2.45) is 0 Å². The van der Waals surface area contributed by atoms with E-state index in [0.717, 1.165) is 0 Å². The Morgan fingerprint density at radius 3 is 2.22 bits per heavy atom. The fourth-order valence-electron chi connectivity index (χ4n) is 0.330. The molecule has 0 aromatic carbocycles. The van der Waals surface area contributed by atoms with Crippen molar-refractivity contribution in [3.63, 3.8) is 0 Å².